The lowest BCUT2D eigenvalue weighted by molar-refractivity contribution is 0.600. The number of rotatable bonds is 4. The number of sulfonamides is 1. The molecule has 0 spiro atoms. The number of hydrogen-bond donors (Lipinski definition) is 2. The van der Waals surface area contributed by atoms with Crippen LogP contribution in [0.1, 0.15) is 10.4 Å². The summed E-state index contributed by atoms with van der Waals surface area (Å²) in [5.74, 6) is 0. The summed E-state index contributed by atoms with van der Waals surface area (Å²) in [6.07, 6.45) is 0. The van der Waals surface area contributed by atoms with Crippen LogP contribution in [-0.2, 0) is 16.6 Å². The fraction of sp³-hybridized carbons (Fsp3) is 0.167. The standard InChI is InChI=1S/C12H12BrClN2O2S2/c1-7-6-19-11(5-15)12(7)20(17,18)16-8-2-3-10(14)9(13)4-8/h2-4,6,16H,5,15H2,1H3. The summed E-state index contributed by atoms with van der Waals surface area (Å²) in [7, 11) is -3.66. The van der Waals surface area contributed by atoms with Crippen LogP contribution < -0.4 is 10.5 Å². The third-order valence-corrected chi connectivity index (χ3v) is 6.70. The maximum atomic E-state index is 12.5. The number of aryl methyl sites for hydroxylation is 1. The highest BCUT2D eigenvalue weighted by atomic mass is 79.9. The molecule has 2 rings (SSSR count). The molecule has 1 aromatic carbocycles. The maximum absolute atomic E-state index is 12.5. The normalized spacial score (nSPS) is 11.6. The van der Waals surface area contributed by atoms with E-state index in [1.54, 1.807) is 30.5 Å². The Balaban J connectivity index is 2.40. The Kier molecular flexibility index (Phi) is 4.76. The average molecular weight is 396 g/mol. The second-order valence-electron chi connectivity index (χ2n) is 4.11. The van der Waals surface area contributed by atoms with Crippen LogP contribution in [0.15, 0.2) is 32.9 Å². The van der Waals surface area contributed by atoms with Crippen LogP contribution in [0.25, 0.3) is 0 Å². The zero-order chi connectivity index (χ0) is 14.9. The van der Waals surface area contributed by atoms with E-state index in [1.165, 1.54) is 11.3 Å². The number of thiophene rings is 1. The minimum atomic E-state index is -3.66. The molecule has 0 amide bonds. The highest BCUT2D eigenvalue weighted by Crippen LogP contribution is 2.30. The lowest BCUT2D eigenvalue weighted by Gasteiger charge is -2.10. The predicted octanol–water partition coefficient (Wildman–Crippen LogP) is 3.73. The van der Waals surface area contributed by atoms with Crippen molar-refractivity contribution in [1.82, 2.24) is 0 Å². The molecule has 0 saturated carbocycles. The van der Waals surface area contributed by atoms with Crippen molar-refractivity contribution in [2.45, 2.75) is 18.4 Å². The summed E-state index contributed by atoms with van der Waals surface area (Å²) in [4.78, 5) is 0.902. The summed E-state index contributed by atoms with van der Waals surface area (Å²) in [6, 6.07) is 4.84. The van der Waals surface area contributed by atoms with Crippen molar-refractivity contribution in [3.05, 3.63) is 43.5 Å². The lowest BCUT2D eigenvalue weighted by Crippen LogP contribution is -2.15. The fourth-order valence-corrected chi connectivity index (χ4v) is 5.01. The van der Waals surface area contributed by atoms with Crippen molar-refractivity contribution < 1.29 is 8.42 Å². The molecule has 3 N–H and O–H groups in total. The Bertz CT molecular complexity index is 744. The van der Waals surface area contributed by atoms with Gasteiger partial charge in [-0.1, -0.05) is 11.6 Å². The van der Waals surface area contributed by atoms with E-state index in [-0.39, 0.29) is 11.4 Å². The molecule has 4 nitrogen and oxygen atoms in total. The van der Waals surface area contributed by atoms with Gasteiger partial charge in [0, 0.05) is 15.9 Å². The van der Waals surface area contributed by atoms with Gasteiger partial charge >= 0.3 is 0 Å². The average Bonchev–Trinajstić information content (AvgIpc) is 2.75. The highest BCUT2D eigenvalue weighted by molar-refractivity contribution is 9.10. The SMILES string of the molecule is Cc1csc(CN)c1S(=O)(=O)Nc1ccc(Cl)c(Br)c1. The molecule has 0 bridgehead atoms. The van der Waals surface area contributed by atoms with Crippen LogP contribution in [0.3, 0.4) is 0 Å². The summed E-state index contributed by atoms with van der Waals surface area (Å²) >= 11 is 10.5. The van der Waals surface area contributed by atoms with Crippen LogP contribution >= 0.6 is 38.9 Å². The van der Waals surface area contributed by atoms with E-state index in [1.807, 2.05) is 0 Å². The number of anilines is 1. The Labute approximate surface area is 135 Å². The van der Waals surface area contributed by atoms with Crippen LogP contribution in [-0.4, -0.2) is 8.42 Å². The molecule has 1 heterocycles. The molecule has 0 atom stereocenters. The Morgan fingerprint density at radius 2 is 2.15 bits per heavy atom. The summed E-state index contributed by atoms with van der Waals surface area (Å²) < 4.78 is 28.1. The smallest absolute Gasteiger partial charge is 0.263 e. The number of hydrogen-bond acceptors (Lipinski definition) is 4. The van der Waals surface area contributed by atoms with Gasteiger partial charge in [-0.15, -0.1) is 11.3 Å². The lowest BCUT2D eigenvalue weighted by atomic mass is 10.3. The Hall–Kier alpha value is -0.600. The van der Waals surface area contributed by atoms with E-state index in [0.717, 1.165) is 0 Å². The highest BCUT2D eigenvalue weighted by Gasteiger charge is 2.22. The predicted molar refractivity (Wildman–Crippen MR) is 86.9 cm³/mol. The first-order valence-corrected chi connectivity index (χ1v) is 9.13. The molecule has 0 aliphatic carbocycles. The molecule has 0 unspecified atom stereocenters. The van der Waals surface area contributed by atoms with E-state index in [9.17, 15) is 8.42 Å². The van der Waals surface area contributed by atoms with Crippen molar-refractivity contribution in [3.63, 3.8) is 0 Å². The molecule has 108 valence electrons. The second-order valence-corrected chi connectivity index (χ2v) is 7.95. The monoisotopic (exact) mass is 394 g/mol. The minimum absolute atomic E-state index is 0.194. The van der Waals surface area contributed by atoms with Gasteiger partial charge in [-0.05, 0) is 52.0 Å². The van der Waals surface area contributed by atoms with Crippen LogP contribution in [0.4, 0.5) is 5.69 Å². The van der Waals surface area contributed by atoms with E-state index in [0.29, 0.717) is 25.6 Å². The first-order valence-electron chi connectivity index (χ1n) is 5.60. The van der Waals surface area contributed by atoms with E-state index in [2.05, 4.69) is 20.7 Å². The molecule has 0 fully saturated rings. The topological polar surface area (TPSA) is 72.2 Å². The third kappa shape index (κ3) is 3.17. The molecular formula is C12H12BrClN2O2S2. The molecule has 8 heteroatoms. The molecule has 0 radical (unpaired) electrons. The quantitative estimate of drug-likeness (QED) is 0.828. The van der Waals surface area contributed by atoms with Crippen molar-refractivity contribution in [3.8, 4) is 0 Å². The number of halogens is 2. The van der Waals surface area contributed by atoms with Gasteiger partial charge in [0.2, 0.25) is 0 Å². The third-order valence-electron chi connectivity index (χ3n) is 2.62. The molecule has 2 aromatic rings. The van der Waals surface area contributed by atoms with E-state index < -0.39 is 10.0 Å². The molecule has 0 aliphatic heterocycles. The van der Waals surface area contributed by atoms with Crippen LogP contribution in [0.2, 0.25) is 5.02 Å². The summed E-state index contributed by atoms with van der Waals surface area (Å²) in [5.41, 5.74) is 6.72. The maximum Gasteiger partial charge on any atom is 0.263 e. The zero-order valence-corrected chi connectivity index (χ0v) is 14.5. The first-order chi connectivity index (χ1) is 9.35. The van der Waals surface area contributed by atoms with Crippen molar-refractivity contribution in [1.29, 1.82) is 0 Å². The van der Waals surface area contributed by atoms with E-state index in [4.69, 9.17) is 17.3 Å². The van der Waals surface area contributed by atoms with Gasteiger partial charge in [0.25, 0.3) is 10.0 Å². The van der Waals surface area contributed by atoms with E-state index >= 15 is 0 Å². The number of nitrogens with one attached hydrogen (secondary N) is 1. The van der Waals surface area contributed by atoms with Crippen molar-refractivity contribution >= 4 is 54.6 Å². The largest absolute Gasteiger partial charge is 0.326 e. The van der Waals surface area contributed by atoms with Gasteiger partial charge in [-0.25, -0.2) is 8.42 Å². The minimum Gasteiger partial charge on any atom is -0.326 e. The van der Waals surface area contributed by atoms with Crippen LogP contribution in [0.5, 0.6) is 0 Å². The van der Waals surface area contributed by atoms with Crippen LogP contribution in [0, 0.1) is 6.92 Å². The molecule has 1 aromatic heterocycles. The van der Waals surface area contributed by atoms with Gasteiger partial charge < -0.3 is 5.73 Å². The second kappa shape index (κ2) is 6.03. The number of nitrogens with two attached hydrogens (primary N) is 1. The molecule has 20 heavy (non-hydrogen) atoms. The van der Waals surface area contributed by atoms with Gasteiger partial charge in [-0.3, -0.25) is 4.72 Å². The van der Waals surface area contributed by atoms with Crippen molar-refractivity contribution in [2.75, 3.05) is 4.72 Å². The summed E-state index contributed by atoms with van der Waals surface area (Å²) in [5, 5.41) is 2.30. The molecule has 0 saturated heterocycles. The summed E-state index contributed by atoms with van der Waals surface area (Å²) in [6.45, 7) is 1.95. The zero-order valence-electron chi connectivity index (χ0n) is 10.5. The molecular weight excluding hydrogens is 384 g/mol. The Morgan fingerprint density at radius 1 is 1.45 bits per heavy atom. The van der Waals surface area contributed by atoms with Gasteiger partial charge in [0.1, 0.15) is 4.90 Å². The fourth-order valence-electron chi connectivity index (χ4n) is 1.75. The molecule has 0 aliphatic rings. The van der Waals surface area contributed by atoms with Gasteiger partial charge in [-0.2, -0.15) is 0 Å². The first kappa shape index (κ1) is 15.8. The Morgan fingerprint density at radius 3 is 2.75 bits per heavy atom. The van der Waals surface area contributed by atoms with Gasteiger partial charge in [0.15, 0.2) is 0 Å². The number of benzene rings is 1. The van der Waals surface area contributed by atoms with Gasteiger partial charge in [0.05, 0.1) is 10.7 Å². The van der Waals surface area contributed by atoms with Crippen molar-refractivity contribution in [2.24, 2.45) is 5.73 Å².